The summed E-state index contributed by atoms with van der Waals surface area (Å²) in [6, 6.07) is 5.43. The van der Waals surface area contributed by atoms with Crippen molar-refractivity contribution in [2.75, 3.05) is 6.54 Å². The second-order valence-electron chi connectivity index (χ2n) is 6.24. The summed E-state index contributed by atoms with van der Waals surface area (Å²) in [6.07, 6.45) is 5.75. The van der Waals surface area contributed by atoms with Gasteiger partial charge in [-0.05, 0) is 62.8 Å². The van der Waals surface area contributed by atoms with Crippen LogP contribution in [0.5, 0.6) is 5.75 Å². The monoisotopic (exact) mass is 293 g/mol. The normalized spacial score (nSPS) is 25.8. The molecule has 0 amide bonds. The van der Waals surface area contributed by atoms with Crippen molar-refractivity contribution < 1.29 is 9.13 Å². The molecule has 1 saturated carbocycles. The number of nitrogens with one attached hydrogen (secondary N) is 1. The van der Waals surface area contributed by atoms with E-state index in [0.717, 1.165) is 31.4 Å². The molecule has 1 aromatic carbocycles. The van der Waals surface area contributed by atoms with Crippen molar-refractivity contribution in [2.24, 2.45) is 5.92 Å². The second kappa shape index (κ2) is 7.79. The molecule has 0 saturated heterocycles. The van der Waals surface area contributed by atoms with Crippen LogP contribution in [-0.4, -0.2) is 18.7 Å². The lowest BCUT2D eigenvalue weighted by molar-refractivity contribution is 0.0812. The molecular weight excluding hydrogens is 265 g/mol. The first-order valence-electron chi connectivity index (χ1n) is 8.30. The van der Waals surface area contributed by atoms with Crippen molar-refractivity contribution >= 4 is 0 Å². The van der Waals surface area contributed by atoms with Gasteiger partial charge in [0.15, 0.2) is 11.6 Å². The molecule has 0 bridgehead atoms. The van der Waals surface area contributed by atoms with Crippen LogP contribution >= 0.6 is 0 Å². The number of hydrogen-bond donors (Lipinski definition) is 1. The fraction of sp³-hybridized carbons (Fsp3) is 0.667. The Morgan fingerprint density at radius 2 is 2.10 bits per heavy atom. The molecule has 0 spiro atoms. The largest absolute Gasteiger partial charge is 0.486 e. The molecule has 2 rings (SSSR count). The molecule has 2 nitrogen and oxygen atoms in total. The first kappa shape index (κ1) is 16.3. The third-order valence-electron chi connectivity index (χ3n) is 4.50. The van der Waals surface area contributed by atoms with Gasteiger partial charge >= 0.3 is 0 Å². The smallest absolute Gasteiger partial charge is 0.165 e. The maximum absolute atomic E-state index is 13.9. The van der Waals surface area contributed by atoms with E-state index >= 15 is 0 Å². The Labute approximate surface area is 128 Å². The van der Waals surface area contributed by atoms with Crippen LogP contribution < -0.4 is 10.1 Å². The molecule has 0 aromatic heterocycles. The van der Waals surface area contributed by atoms with Gasteiger partial charge in [0.25, 0.3) is 0 Å². The summed E-state index contributed by atoms with van der Waals surface area (Å²) < 4.78 is 20.0. The summed E-state index contributed by atoms with van der Waals surface area (Å²) in [6.45, 7) is 7.36. The fourth-order valence-electron chi connectivity index (χ4n) is 3.14. The summed E-state index contributed by atoms with van der Waals surface area (Å²) in [5.41, 5.74) is 1.03. The summed E-state index contributed by atoms with van der Waals surface area (Å²) in [5.74, 6) is 0.844. The minimum atomic E-state index is -0.256. The Kier molecular flexibility index (Phi) is 6.04. The van der Waals surface area contributed by atoms with Crippen molar-refractivity contribution in [1.82, 2.24) is 5.32 Å². The molecule has 0 radical (unpaired) electrons. The van der Waals surface area contributed by atoms with E-state index in [2.05, 4.69) is 19.2 Å². The number of hydrogen-bond acceptors (Lipinski definition) is 2. The first-order valence-corrected chi connectivity index (χ1v) is 8.30. The summed E-state index contributed by atoms with van der Waals surface area (Å²) in [4.78, 5) is 0. The van der Waals surface area contributed by atoms with Crippen LogP contribution in [-0.2, 0) is 0 Å². The van der Waals surface area contributed by atoms with E-state index < -0.39 is 0 Å². The zero-order chi connectivity index (χ0) is 15.2. The Morgan fingerprint density at radius 1 is 1.29 bits per heavy atom. The van der Waals surface area contributed by atoms with Gasteiger partial charge < -0.3 is 10.1 Å². The maximum Gasteiger partial charge on any atom is 0.165 e. The lowest BCUT2D eigenvalue weighted by Crippen LogP contribution is -2.47. The fourth-order valence-corrected chi connectivity index (χ4v) is 3.14. The topological polar surface area (TPSA) is 21.3 Å². The quantitative estimate of drug-likeness (QED) is 0.836. The molecule has 1 aliphatic carbocycles. The van der Waals surface area contributed by atoms with Gasteiger partial charge in [-0.1, -0.05) is 26.3 Å². The lowest BCUT2D eigenvalue weighted by atomic mass is 9.82. The van der Waals surface area contributed by atoms with Gasteiger partial charge in [-0.3, -0.25) is 0 Å². The first-order chi connectivity index (χ1) is 10.1. The van der Waals surface area contributed by atoms with E-state index in [-0.39, 0.29) is 11.9 Å². The molecule has 118 valence electrons. The molecule has 21 heavy (non-hydrogen) atoms. The van der Waals surface area contributed by atoms with Crippen molar-refractivity contribution in [3.05, 3.63) is 29.6 Å². The maximum atomic E-state index is 13.9. The molecule has 3 atom stereocenters. The van der Waals surface area contributed by atoms with Gasteiger partial charge in [0, 0.05) is 6.04 Å². The van der Waals surface area contributed by atoms with Crippen LogP contribution in [0.1, 0.15) is 51.5 Å². The molecule has 1 fully saturated rings. The molecule has 1 aromatic rings. The van der Waals surface area contributed by atoms with E-state index in [1.807, 2.05) is 13.0 Å². The zero-order valence-corrected chi connectivity index (χ0v) is 13.5. The van der Waals surface area contributed by atoms with Gasteiger partial charge in [-0.25, -0.2) is 4.39 Å². The minimum Gasteiger partial charge on any atom is -0.486 e. The third-order valence-corrected chi connectivity index (χ3v) is 4.50. The number of benzene rings is 1. The number of aryl methyl sites for hydroxylation is 1. The molecule has 1 aliphatic rings. The Bertz CT molecular complexity index is 449. The predicted octanol–water partition coefficient (Wildman–Crippen LogP) is 4.46. The average Bonchev–Trinajstić information content (AvgIpc) is 2.49. The summed E-state index contributed by atoms with van der Waals surface area (Å²) >= 11 is 0. The molecule has 1 N–H and O–H groups in total. The zero-order valence-electron chi connectivity index (χ0n) is 13.5. The van der Waals surface area contributed by atoms with Crippen molar-refractivity contribution in [3.8, 4) is 5.75 Å². The standard InChI is InChI=1S/C18H28FNO/c1-4-10-20-16-9-7-14(5-2)12-18(16)21-17-11-13(3)6-8-15(17)19/h6,8,11,14,16,18,20H,4-5,7,9-10,12H2,1-3H3. The van der Waals surface area contributed by atoms with E-state index in [1.54, 1.807) is 6.07 Å². The second-order valence-corrected chi connectivity index (χ2v) is 6.24. The van der Waals surface area contributed by atoms with Crippen molar-refractivity contribution in [1.29, 1.82) is 0 Å². The molecule has 0 heterocycles. The number of rotatable bonds is 6. The van der Waals surface area contributed by atoms with Crippen molar-refractivity contribution in [3.63, 3.8) is 0 Å². The Hall–Kier alpha value is -1.09. The van der Waals surface area contributed by atoms with Crippen LogP contribution in [0.15, 0.2) is 18.2 Å². The number of ether oxygens (including phenoxy) is 1. The van der Waals surface area contributed by atoms with E-state index in [9.17, 15) is 4.39 Å². The summed E-state index contributed by atoms with van der Waals surface area (Å²) in [5, 5.41) is 3.57. The molecular formula is C18H28FNO. The highest BCUT2D eigenvalue weighted by atomic mass is 19.1. The van der Waals surface area contributed by atoms with Gasteiger partial charge in [0.05, 0.1) is 0 Å². The van der Waals surface area contributed by atoms with Gasteiger partial charge in [-0.15, -0.1) is 0 Å². The van der Waals surface area contributed by atoms with Gasteiger partial charge in [0.2, 0.25) is 0 Å². The highest BCUT2D eigenvalue weighted by Gasteiger charge is 2.31. The van der Waals surface area contributed by atoms with Gasteiger partial charge in [0.1, 0.15) is 6.10 Å². The van der Waals surface area contributed by atoms with Crippen LogP contribution in [0.2, 0.25) is 0 Å². The van der Waals surface area contributed by atoms with Crippen LogP contribution in [0.25, 0.3) is 0 Å². The lowest BCUT2D eigenvalue weighted by Gasteiger charge is -2.36. The van der Waals surface area contributed by atoms with Crippen molar-refractivity contribution in [2.45, 2.75) is 65.0 Å². The number of halogens is 1. The van der Waals surface area contributed by atoms with Crippen LogP contribution in [0.4, 0.5) is 4.39 Å². The average molecular weight is 293 g/mol. The predicted molar refractivity (Wildman–Crippen MR) is 85.3 cm³/mol. The van der Waals surface area contributed by atoms with Crippen LogP contribution in [0.3, 0.4) is 0 Å². The molecule has 3 unspecified atom stereocenters. The molecule has 3 heteroatoms. The molecule has 0 aliphatic heterocycles. The minimum absolute atomic E-state index is 0.0755. The Morgan fingerprint density at radius 3 is 2.81 bits per heavy atom. The van der Waals surface area contributed by atoms with E-state index in [4.69, 9.17) is 4.74 Å². The van der Waals surface area contributed by atoms with E-state index in [0.29, 0.717) is 17.7 Å². The highest BCUT2D eigenvalue weighted by Crippen LogP contribution is 2.31. The van der Waals surface area contributed by atoms with Gasteiger partial charge in [-0.2, -0.15) is 0 Å². The highest BCUT2D eigenvalue weighted by molar-refractivity contribution is 5.29. The Balaban J connectivity index is 2.09. The SMILES string of the molecule is CCCNC1CCC(CC)CC1Oc1cc(C)ccc1F. The van der Waals surface area contributed by atoms with Crippen LogP contribution in [0, 0.1) is 18.7 Å². The summed E-state index contributed by atoms with van der Waals surface area (Å²) in [7, 11) is 0. The third kappa shape index (κ3) is 4.44. The van der Waals surface area contributed by atoms with E-state index in [1.165, 1.54) is 18.9 Å².